The van der Waals surface area contributed by atoms with Crippen molar-refractivity contribution in [2.75, 3.05) is 0 Å². The van der Waals surface area contributed by atoms with Gasteiger partial charge in [-0.05, 0) is 30.2 Å². The Hall–Kier alpha value is -2.68. The zero-order valence-electron chi connectivity index (χ0n) is 14.1. The molecule has 138 valence electrons. The number of hydrogen-bond acceptors (Lipinski definition) is 5. The van der Waals surface area contributed by atoms with Crippen molar-refractivity contribution in [3.05, 3.63) is 50.9 Å². The standard InChI is InChI=1S/C17H18BrN3O5/c1-3-9(2)14(17(25)26)19-16(24)15-12(22)8-13(23)21(20-15)11-6-4-10(18)5-7-11/h4-9,14,22H,3H2,1-2H3,(H,19,24)(H,25,26). The Bertz CT molecular complexity index is 879. The maximum Gasteiger partial charge on any atom is 0.326 e. The zero-order valence-corrected chi connectivity index (χ0v) is 15.7. The highest BCUT2D eigenvalue weighted by atomic mass is 79.9. The van der Waals surface area contributed by atoms with E-state index in [1.54, 1.807) is 38.1 Å². The number of nitrogens with one attached hydrogen (secondary N) is 1. The van der Waals surface area contributed by atoms with Gasteiger partial charge in [-0.1, -0.05) is 36.2 Å². The van der Waals surface area contributed by atoms with Gasteiger partial charge in [-0.25, -0.2) is 4.79 Å². The molecule has 0 radical (unpaired) electrons. The molecule has 0 bridgehead atoms. The summed E-state index contributed by atoms with van der Waals surface area (Å²) in [5.41, 5.74) is -0.663. The molecule has 2 rings (SSSR count). The number of rotatable bonds is 6. The molecule has 0 spiro atoms. The number of aromatic nitrogens is 2. The fourth-order valence-corrected chi connectivity index (χ4v) is 2.53. The van der Waals surface area contributed by atoms with Crippen LogP contribution in [0.3, 0.4) is 0 Å². The average molecular weight is 424 g/mol. The third kappa shape index (κ3) is 4.29. The fourth-order valence-electron chi connectivity index (χ4n) is 2.27. The highest BCUT2D eigenvalue weighted by Gasteiger charge is 2.28. The van der Waals surface area contributed by atoms with E-state index in [1.165, 1.54) is 0 Å². The molecule has 0 aliphatic heterocycles. The molecule has 2 aromatic rings. The van der Waals surface area contributed by atoms with Crippen molar-refractivity contribution in [1.82, 2.24) is 15.1 Å². The molecule has 8 nitrogen and oxygen atoms in total. The molecule has 2 atom stereocenters. The Morgan fingerprint density at radius 3 is 2.46 bits per heavy atom. The van der Waals surface area contributed by atoms with E-state index in [2.05, 4.69) is 26.3 Å². The molecule has 0 fully saturated rings. The number of aromatic hydroxyl groups is 1. The van der Waals surface area contributed by atoms with Crippen LogP contribution in [-0.4, -0.2) is 37.9 Å². The molecule has 1 aromatic carbocycles. The average Bonchev–Trinajstić information content (AvgIpc) is 2.59. The van der Waals surface area contributed by atoms with Crippen molar-refractivity contribution in [2.45, 2.75) is 26.3 Å². The lowest BCUT2D eigenvalue weighted by Crippen LogP contribution is -2.45. The molecule has 1 amide bonds. The number of carboxylic acids is 1. The first kappa shape index (κ1) is 19.6. The highest BCUT2D eigenvalue weighted by Crippen LogP contribution is 2.16. The van der Waals surface area contributed by atoms with Gasteiger partial charge in [-0.2, -0.15) is 9.78 Å². The second-order valence-corrected chi connectivity index (χ2v) is 6.70. The molecular weight excluding hydrogens is 406 g/mol. The van der Waals surface area contributed by atoms with Crippen molar-refractivity contribution in [1.29, 1.82) is 0 Å². The normalized spacial score (nSPS) is 13.0. The van der Waals surface area contributed by atoms with Crippen LogP contribution in [0.15, 0.2) is 39.6 Å². The van der Waals surface area contributed by atoms with Crippen LogP contribution in [0.2, 0.25) is 0 Å². The molecule has 0 saturated heterocycles. The molecule has 3 N–H and O–H groups in total. The second-order valence-electron chi connectivity index (χ2n) is 5.78. The monoisotopic (exact) mass is 423 g/mol. The highest BCUT2D eigenvalue weighted by molar-refractivity contribution is 9.10. The predicted molar refractivity (Wildman–Crippen MR) is 97.5 cm³/mol. The molecule has 0 aliphatic rings. The molecule has 9 heteroatoms. The minimum atomic E-state index is -1.19. The third-order valence-electron chi connectivity index (χ3n) is 3.96. The molecule has 0 saturated carbocycles. The summed E-state index contributed by atoms with van der Waals surface area (Å²) < 4.78 is 1.75. The number of benzene rings is 1. The van der Waals surface area contributed by atoms with Crippen molar-refractivity contribution in [3.8, 4) is 11.4 Å². The molecule has 2 unspecified atom stereocenters. The van der Waals surface area contributed by atoms with E-state index in [0.717, 1.165) is 15.2 Å². The number of aliphatic carboxylic acids is 1. The largest absolute Gasteiger partial charge is 0.505 e. The Balaban J connectivity index is 2.41. The van der Waals surface area contributed by atoms with Gasteiger partial charge in [0, 0.05) is 10.5 Å². The first-order valence-corrected chi connectivity index (χ1v) is 8.66. The van der Waals surface area contributed by atoms with Crippen LogP contribution in [-0.2, 0) is 4.79 Å². The molecule has 0 aliphatic carbocycles. The molecular formula is C17H18BrN3O5. The van der Waals surface area contributed by atoms with Gasteiger partial charge in [0.2, 0.25) is 0 Å². The summed E-state index contributed by atoms with van der Waals surface area (Å²) in [6.45, 7) is 3.49. The summed E-state index contributed by atoms with van der Waals surface area (Å²) in [5.74, 6) is -3.00. The first-order valence-electron chi connectivity index (χ1n) is 7.87. The Labute approximate surface area is 157 Å². The summed E-state index contributed by atoms with van der Waals surface area (Å²) in [5, 5.41) is 25.5. The van der Waals surface area contributed by atoms with Gasteiger partial charge >= 0.3 is 5.97 Å². The Morgan fingerprint density at radius 1 is 1.31 bits per heavy atom. The lowest BCUT2D eigenvalue weighted by Gasteiger charge is -2.20. The summed E-state index contributed by atoms with van der Waals surface area (Å²) >= 11 is 3.28. The van der Waals surface area contributed by atoms with Crippen molar-refractivity contribution in [2.24, 2.45) is 5.92 Å². The van der Waals surface area contributed by atoms with E-state index >= 15 is 0 Å². The summed E-state index contributed by atoms with van der Waals surface area (Å²) in [7, 11) is 0. The maximum absolute atomic E-state index is 12.4. The zero-order chi connectivity index (χ0) is 19.4. The Morgan fingerprint density at radius 2 is 1.92 bits per heavy atom. The maximum atomic E-state index is 12.4. The van der Waals surface area contributed by atoms with E-state index in [0.29, 0.717) is 12.1 Å². The van der Waals surface area contributed by atoms with Crippen LogP contribution >= 0.6 is 15.9 Å². The smallest absolute Gasteiger partial charge is 0.326 e. The molecule has 26 heavy (non-hydrogen) atoms. The number of carbonyl (C=O) groups is 2. The van der Waals surface area contributed by atoms with Gasteiger partial charge in [0.15, 0.2) is 11.4 Å². The number of nitrogens with zero attached hydrogens (tertiary/aromatic N) is 2. The van der Waals surface area contributed by atoms with Gasteiger partial charge in [-0.15, -0.1) is 0 Å². The van der Waals surface area contributed by atoms with E-state index in [4.69, 9.17) is 0 Å². The predicted octanol–water partition coefficient (Wildman–Crippen LogP) is 1.93. The van der Waals surface area contributed by atoms with Crippen LogP contribution in [0, 0.1) is 5.92 Å². The third-order valence-corrected chi connectivity index (χ3v) is 4.49. The SMILES string of the molecule is CCC(C)C(NC(=O)c1nn(-c2ccc(Br)cc2)c(=O)cc1O)C(=O)O. The topological polar surface area (TPSA) is 122 Å². The number of amides is 1. The number of hydrogen-bond donors (Lipinski definition) is 3. The summed E-state index contributed by atoms with van der Waals surface area (Å²) in [4.78, 5) is 35.9. The minimum Gasteiger partial charge on any atom is -0.505 e. The van der Waals surface area contributed by atoms with Crippen molar-refractivity contribution >= 4 is 27.8 Å². The first-order chi connectivity index (χ1) is 12.2. The molecule has 1 heterocycles. The lowest BCUT2D eigenvalue weighted by atomic mass is 9.99. The van der Waals surface area contributed by atoms with Crippen LogP contribution < -0.4 is 10.9 Å². The van der Waals surface area contributed by atoms with E-state index in [1.807, 2.05) is 0 Å². The van der Waals surface area contributed by atoms with E-state index in [-0.39, 0.29) is 5.92 Å². The van der Waals surface area contributed by atoms with Gasteiger partial charge in [-0.3, -0.25) is 9.59 Å². The van der Waals surface area contributed by atoms with E-state index in [9.17, 15) is 24.6 Å². The van der Waals surface area contributed by atoms with Crippen LogP contribution in [0.5, 0.6) is 5.75 Å². The van der Waals surface area contributed by atoms with Gasteiger partial charge in [0.1, 0.15) is 6.04 Å². The minimum absolute atomic E-state index is 0.323. The fraction of sp³-hybridized carbons (Fsp3) is 0.294. The number of halogens is 1. The molecule has 1 aromatic heterocycles. The second kappa shape index (κ2) is 8.13. The van der Waals surface area contributed by atoms with Crippen molar-refractivity contribution in [3.63, 3.8) is 0 Å². The van der Waals surface area contributed by atoms with Gasteiger partial charge in [0.25, 0.3) is 11.5 Å². The summed E-state index contributed by atoms with van der Waals surface area (Å²) in [6, 6.07) is 6.33. The van der Waals surface area contributed by atoms with Gasteiger partial charge < -0.3 is 15.5 Å². The van der Waals surface area contributed by atoms with E-state index < -0.39 is 34.9 Å². The number of carbonyl (C=O) groups excluding carboxylic acids is 1. The van der Waals surface area contributed by atoms with Gasteiger partial charge in [0.05, 0.1) is 5.69 Å². The van der Waals surface area contributed by atoms with Crippen molar-refractivity contribution < 1.29 is 19.8 Å². The van der Waals surface area contributed by atoms with Crippen LogP contribution in [0.25, 0.3) is 5.69 Å². The summed E-state index contributed by atoms with van der Waals surface area (Å²) in [6.07, 6.45) is 0.537. The quantitative estimate of drug-likeness (QED) is 0.652. The Kier molecular flexibility index (Phi) is 6.14. The van der Waals surface area contributed by atoms with Crippen LogP contribution in [0.4, 0.5) is 0 Å². The van der Waals surface area contributed by atoms with Crippen LogP contribution in [0.1, 0.15) is 30.8 Å². The number of carboxylic acid groups (broad SMARTS) is 1. The lowest BCUT2D eigenvalue weighted by molar-refractivity contribution is -0.140.